The highest BCUT2D eigenvalue weighted by atomic mass is 16.5. The SMILES string of the molecule is O=C(Nc1cccc(C(=O)NC2CC2)c1)c1cccc(NC(=O)C2CCCO2)c1. The summed E-state index contributed by atoms with van der Waals surface area (Å²) < 4.78 is 5.38. The van der Waals surface area contributed by atoms with Gasteiger partial charge in [0, 0.05) is 35.2 Å². The monoisotopic (exact) mass is 393 g/mol. The molecule has 0 bridgehead atoms. The lowest BCUT2D eigenvalue weighted by molar-refractivity contribution is -0.124. The molecule has 2 aliphatic rings. The second-order valence-corrected chi connectivity index (χ2v) is 7.35. The van der Waals surface area contributed by atoms with E-state index in [1.807, 2.05) is 0 Å². The van der Waals surface area contributed by atoms with Gasteiger partial charge in [0.05, 0.1) is 0 Å². The highest BCUT2D eigenvalue weighted by molar-refractivity contribution is 6.06. The van der Waals surface area contributed by atoms with E-state index < -0.39 is 6.10 Å². The van der Waals surface area contributed by atoms with E-state index in [4.69, 9.17) is 4.74 Å². The topological polar surface area (TPSA) is 96.5 Å². The molecule has 4 rings (SSSR count). The molecule has 2 aromatic carbocycles. The van der Waals surface area contributed by atoms with E-state index in [0.29, 0.717) is 35.5 Å². The Hall–Kier alpha value is -3.19. The van der Waals surface area contributed by atoms with Crippen LogP contribution in [0.2, 0.25) is 0 Å². The van der Waals surface area contributed by atoms with Crippen LogP contribution < -0.4 is 16.0 Å². The smallest absolute Gasteiger partial charge is 0.255 e. The maximum Gasteiger partial charge on any atom is 0.255 e. The normalized spacial score (nSPS) is 18.1. The highest BCUT2D eigenvalue weighted by Crippen LogP contribution is 2.21. The number of carbonyl (C=O) groups is 3. The second-order valence-electron chi connectivity index (χ2n) is 7.35. The molecule has 150 valence electrons. The molecule has 3 N–H and O–H groups in total. The molecule has 1 aliphatic carbocycles. The molecular weight excluding hydrogens is 370 g/mol. The molecular formula is C22H23N3O4. The highest BCUT2D eigenvalue weighted by Gasteiger charge is 2.24. The molecule has 7 nitrogen and oxygen atoms in total. The Labute approximate surface area is 168 Å². The first kappa shape index (κ1) is 19.1. The number of benzene rings is 2. The molecule has 7 heteroatoms. The predicted octanol–water partition coefficient (Wildman–Crippen LogP) is 2.95. The van der Waals surface area contributed by atoms with Gasteiger partial charge in [-0.15, -0.1) is 0 Å². The zero-order chi connectivity index (χ0) is 20.2. The van der Waals surface area contributed by atoms with Crippen molar-refractivity contribution < 1.29 is 19.1 Å². The van der Waals surface area contributed by atoms with Gasteiger partial charge in [0.2, 0.25) is 0 Å². The molecule has 2 fully saturated rings. The van der Waals surface area contributed by atoms with Gasteiger partial charge >= 0.3 is 0 Å². The van der Waals surface area contributed by atoms with E-state index in [-0.39, 0.29) is 23.8 Å². The Kier molecular flexibility index (Phi) is 5.57. The Bertz CT molecular complexity index is 933. The van der Waals surface area contributed by atoms with E-state index in [0.717, 1.165) is 19.3 Å². The number of nitrogens with one attached hydrogen (secondary N) is 3. The third-order valence-corrected chi connectivity index (χ3v) is 4.91. The summed E-state index contributed by atoms with van der Waals surface area (Å²) in [6.45, 7) is 0.596. The van der Waals surface area contributed by atoms with Crippen molar-refractivity contribution in [2.45, 2.75) is 37.8 Å². The zero-order valence-electron chi connectivity index (χ0n) is 15.9. The number of carbonyl (C=O) groups excluding carboxylic acids is 3. The maximum absolute atomic E-state index is 12.6. The van der Waals surface area contributed by atoms with Gasteiger partial charge in [-0.25, -0.2) is 0 Å². The van der Waals surface area contributed by atoms with Crippen LogP contribution in [-0.4, -0.2) is 36.5 Å². The third kappa shape index (κ3) is 5.00. The second kappa shape index (κ2) is 8.45. The molecule has 1 atom stereocenters. The Morgan fingerprint density at radius 3 is 2.10 bits per heavy atom. The molecule has 29 heavy (non-hydrogen) atoms. The molecule has 1 saturated heterocycles. The Morgan fingerprint density at radius 1 is 0.828 bits per heavy atom. The fraction of sp³-hybridized carbons (Fsp3) is 0.318. The largest absolute Gasteiger partial charge is 0.368 e. The van der Waals surface area contributed by atoms with E-state index in [9.17, 15) is 14.4 Å². The number of amides is 3. The van der Waals surface area contributed by atoms with Gasteiger partial charge in [0.15, 0.2) is 0 Å². The van der Waals surface area contributed by atoms with Crippen molar-refractivity contribution in [2.24, 2.45) is 0 Å². The van der Waals surface area contributed by atoms with E-state index >= 15 is 0 Å². The minimum Gasteiger partial charge on any atom is -0.368 e. The van der Waals surface area contributed by atoms with Crippen LogP contribution in [0.5, 0.6) is 0 Å². The molecule has 3 amide bonds. The van der Waals surface area contributed by atoms with Gasteiger partial charge in [0.1, 0.15) is 6.10 Å². The molecule has 1 aliphatic heterocycles. The first-order valence-electron chi connectivity index (χ1n) is 9.83. The molecule has 0 spiro atoms. The van der Waals surface area contributed by atoms with Crippen molar-refractivity contribution in [2.75, 3.05) is 17.2 Å². The average Bonchev–Trinajstić information content (AvgIpc) is 3.36. The Balaban J connectivity index is 1.40. The van der Waals surface area contributed by atoms with Gasteiger partial charge in [0.25, 0.3) is 17.7 Å². The summed E-state index contributed by atoms with van der Waals surface area (Å²) in [5.41, 5.74) is 1.98. The summed E-state index contributed by atoms with van der Waals surface area (Å²) >= 11 is 0. The molecule has 1 heterocycles. The minimum atomic E-state index is -0.433. The fourth-order valence-corrected chi connectivity index (χ4v) is 3.18. The van der Waals surface area contributed by atoms with Crippen LogP contribution >= 0.6 is 0 Å². The lowest BCUT2D eigenvalue weighted by atomic mass is 10.1. The fourth-order valence-electron chi connectivity index (χ4n) is 3.18. The summed E-state index contributed by atoms with van der Waals surface area (Å²) in [5.74, 6) is -0.658. The van der Waals surface area contributed by atoms with Crippen LogP contribution in [0.1, 0.15) is 46.4 Å². The van der Waals surface area contributed by atoms with Crippen LogP contribution in [0, 0.1) is 0 Å². The zero-order valence-corrected chi connectivity index (χ0v) is 15.9. The van der Waals surface area contributed by atoms with Crippen LogP contribution in [-0.2, 0) is 9.53 Å². The summed E-state index contributed by atoms with van der Waals surface area (Å²) in [5, 5.41) is 8.53. The van der Waals surface area contributed by atoms with E-state index in [1.54, 1.807) is 48.5 Å². The van der Waals surface area contributed by atoms with Crippen molar-refractivity contribution in [1.82, 2.24) is 5.32 Å². The van der Waals surface area contributed by atoms with E-state index in [1.165, 1.54) is 0 Å². The number of hydrogen-bond donors (Lipinski definition) is 3. The standard InChI is InChI=1S/C22H23N3O4/c26-20(23-16-9-10-16)14-4-1-6-17(12-14)24-21(27)15-5-2-7-18(13-15)25-22(28)19-8-3-11-29-19/h1-2,4-7,12-13,16,19H,3,8-11H2,(H,23,26)(H,24,27)(H,25,28). The summed E-state index contributed by atoms with van der Waals surface area (Å²) in [6, 6.07) is 13.8. The van der Waals surface area contributed by atoms with Gasteiger partial charge in [-0.1, -0.05) is 12.1 Å². The van der Waals surface area contributed by atoms with Crippen molar-refractivity contribution in [3.63, 3.8) is 0 Å². The summed E-state index contributed by atoms with van der Waals surface area (Å²) in [4.78, 5) is 37.0. The van der Waals surface area contributed by atoms with Crippen LogP contribution in [0.15, 0.2) is 48.5 Å². The van der Waals surface area contributed by atoms with Gasteiger partial charge in [-0.2, -0.15) is 0 Å². The van der Waals surface area contributed by atoms with Crippen LogP contribution in [0.4, 0.5) is 11.4 Å². The quantitative estimate of drug-likeness (QED) is 0.703. The first-order chi connectivity index (χ1) is 14.1. The molecule has 0 radical (unpaired) electrons. The summed E-state index contributed by atoms with van der Waals surface area (Å²) in [7, 11) is 0. The van der Waals surface area contributed by atoms with Crippen molar-refractivity contribution >= 4 is 29.1 Å². The van der Waals surface area contributed by atoms with Crippen molar-refractivity contribution in [3.05, 3.63) is 59.7 Å². The minimum absolute atomic E-state index is 0.137. The summed E-state index contributed by atoms with van der Waals surface area (Å²) in [6.07, 6.45) is 3.18. The molecule has 1 unspecified atom stereocenters. The third-order valence-electron chi connectivity index (χ3n) is 4.91. The number of rotatable bonds is 6. The average molecular weight is 393 g/mol. The van der Waals surface area contributed by atoms with Crippen molar-refractivity contribution in [3.8, 4) is 0 Å². The first-order valence-corrected chi connectivity index (χ1v) is 9.83. The number of ether oxygens (including phenoxy) is 1. The van der Waals surface area contributed by atoms with Crippen LogP contribution in [0.25, 0.3) is 0 Å². The van der Waals surface area contributed by atoms with Gasteiger partial charge < -0.3 is 20.7 Å². The van der Waals surface area contributed by atoms with Crippen LogP contribution in [0.3, 0.4) is 0 Å². The maximum atomic E-state index is 12.6. The Morgan fingerprint density at radius 2 is 1.48 bits per heavy atom. The lowest BCUT2D eigenvalue weighted by Gasteiger charge is -2.12. The van der Waals surface area contributed by atoms with E-state index in [2.05, 4.69) is 16.0 Å². The van der Waals surface area contributed by atoms with Gasteiger partial charge in [-0.3, -0.25) is 14.4 Å². The number of anilines is 2. The van der Waals surface area contributed by atoms with Gasteiger partial charge in [-0.05, 0) is 62.1 Å². The molecule has 0 aromatic heterocycles. The predicted molar refractivity (Wildman–Crippen MR) is 109 cm³/mol. The van der Waals surface area contributed by atoms with Crippen molar-refractivity contribution in [1.29, 1.82) is 0 Å². The molecule has 1 saturated carbocycles. The lowest BCUT2D eigenvalue weighted by Crippen LogP contribution is -2.27. The molecule has 2 aromatic rings. The number of hydrogen-bond acceptors (Lipinski definition) is 4.